The summed E-state index contributed by atoms with van der Waals surface area (Å²) >= 11 is 0. The minimum Gasteiger partial charge on any atom is -0.248 e. The van der Waals surface area contributed by atoms with Crippen molar-refractivity contribution in [1.29, 1.82) is 0 Å². The Labute approximate surface area is 133 Å². The van der Waals surface area contributed by atoms with Crippen LogP contribution in [0.1, 0.15) is 48.6 Å². The molecule has 0 unspecified atom stereocenters. The number of benzene rings is 2. The van der Waals surface area contributed by atoms with Crippen LogP contribution in [0.15, 0.2) is 24.3 Å². The van der Waals surface area contributed by atoms with Crippen molar-refractivity contribution in [3.8, 4) is 0 Å². The summed E-state index contributed by atoms with van der Waals surface area (Å²) in [5.74, 6) is 0. The van der Waals surface area contributed by atoms with E-state index >= 15 is 0 Å². The zero-order valence-corrected chi connectivity index (χ0v) is 14.8. The summed E-state index contributed by atoms with van der Waals surface area (Å²) in [6, 6.07) is 8.84. The molecule has 1 nitrogen and oxygen atoms in total. The Hall–Kier alpha value is -1.89. The first-order chi connectivity index (χ1) is 10.2. The summed E-state index contributed by atoms with van der Waals surface area (Å²) < 4.78 is 0. The van der Waals surface area contributed by atoms with Crippen LogP contribution in [-0.4, -0.2) is 4.98 Å². The van der Waals surface area contributed by atoms with Crippen LogP contribution in [0.3, 0.4) is 0 Å². The number of hydrogen-bond donors (Lipinski definition) is 0. The third-order valence-corrected chi connectivity index (χ3v) is 4.80. The Kier molecular flexibility index (Phi) is 3.28. The maximum absolute atomic E-state index is 4.96. The van der Waals surface area contributed by atoms with Crippen molar-refractivity contribution in [3.63, 3.8) is 0 Å². The minimum atomic E-state index is 0.0830. The van der Waals surface area contributed by atoms with Gasteiger partial charge in [0.05, 0.1) is 11.0 Å². The summed E-state index contributed by atoms with van der Waals surface area (Å²) in [6.07, 6.45) is 0. The second kappa shape index (κ2) is 4.81. The highest BCUT2D eigenvalue weighted by Crippen LogP contribution is 2.38. The molecule has 1 heteroatoms. The first-order valence-corrected chi connectivity index (χ1v) is 8.01. The molecule has 1 aromatic heterocycles. The van der Waals surface area contributed by atoms with Gasteiger partial charge >= 0.3 is 0 Å². The highest BCUT2D eigenvalue weighted by atomic mass is 14.7. The third-order valence-electron chi connectivity index (χ3n) is 4.80. The number of aromatic nitrogens is 1. The average Bonchev–Trinajstić information content (AvgIpc) is 2.42. The van der Waals surface area contributed by atoms with Crippen LogP contribution in [0.25, 0.3) is 21.8 Å². The van der Waals surface area contributed by atoms with Crippen molar-refractivity contribution in [1.82, 2.24) is 4.98 Å². The molecule has 0 aliphatic rings. The van der Waals surface area contributed by atoms with Gasteiger partial charge in [-0.05, 0) is 73.6 Å². The molecule has 0 radical (unpaired) electrons. The Balaban J connectivity index is 2.65. The summed E-state index contributed by atoms with van der Waals surface area (Å²) in [6.45, 7) is 15.7. The van der Waals surface area contributed by atoms with Gasteiger partial charge in [0.15, 0.2) is 0 Å². The van der Waals surface area contributed by atoms with Gasteiger partial charge in [-0.15, -0.1) is 0 Å². The fraction of sp³-hybridized carbons (Fsp3) is 0.381. The molecule has 0 aliphatic heterocycles. The van der Waals surface area contributed by atoms with E-state index in [1.54, 1.807) is 0 Å². The number of aryl methyl sites for hydroxylation is 3. The van der Waals surface area contributed by atoms with E-state index in [2.05, 4.69) is 72.7 Å². The van der Waals surface area contributed by atoms with Crippen LogP contribution in [0, 0.1) is 27.7 Å². The molecule has 0 bridgehead atoms. The zero-order valence-electron chi connectivity index (χ0n) is 14.8. The van der Waals surface area contributed by atoms with Crippen LogP contribution < -0.4 is 0 Å². The quantitative estimate of drug-likeness (QED) is 0.468. The molecule has 0 saturated carbocycles. The van der Waals surface area contributed by atoms with E-state index in [1.165, 1.54) is 38.6 Å². The van der Waals surface area contributed by atoms with Gasteiger partial charge in [-0.25, -0.2) is 4.98 Å². The van der Waals surface area contributed by atoms with Gasteiger partial charge in [0.25, 0.3) is 0 Å². The molecule has 22 heavy (non-hydrogen) atoms. The van der Waals surface area contributed by atoms with Gasteiger partial charge in [0.2, 0.25) is 0 Å². The van der Waals surface area contributed by atoms with Gasteiger partial charge in [-0.3, -0.25) is 0 Å². The number of fused-ring (bicyclic) bond motifs is 2. The van der Waals surface area contributed by atoms with Crippen molar-refractivity contribution in [2.75, 3.05) is 0 Å². The smallest absolute Gasteiger partial charge is 0.0718 e. The van der Waals surface area contributed by atoms with Crippen molar-refractivity contribution < 1.29 is 0 Å². The zero-order chi connectivity index (χ0) is 16.2. The highest BCUT2D eigenvalue weighted by Gasteiger charge is 2.23. The molecule has 2 aromatic carbocycles. The summed E-state index contributed by atoms with van der Waals surface area (Å²) in [4.78, 5) is 4.96. The van der Waals surface area contributed by atoms with Crippen LogP contribution in [0.5, 0.6) is 0 Å². The largest absolute Gasteiger partial charge is 0.248 e. The number of nitrogens with zero attached hydrogens (tertiary/aromatic N) is 1. The molecule has 0 spiro atoms. The van der Waals surface area contributed by atoms with Crippen LogP contribution in [-0.2, 0) is 5.41 Å². The Morgan fingerprint density at radius 3 is 2.14 bits per heavy atom. The SMILES string of the molecule is Cc1ccc2nc3cc(C)c(C)c(C)c3c(C(C)(C)C)c2c1. The van der Waals surface area contributed by atoms with Crippen LogP contribution in [0.4, 0.5) is 0 Å². The molecule has 0 amide bonds. The molecule has 3 aromatic rings. The number of rotatable bonds is 0. The van der Waals surface area contributed by atoms with E-state index < -0.39 is 0 Å². The topological polar surface area (TPSA) is 12.9 Å². The molecule has 0 aliphatic carbocycles. The maximum atomic E-state index is 4.96. The fourth-order valence-electron chi connectivity index (χ4n) is 3.46. The molecular weight excluding hydrogens is 266 g/mol. The van der Waals surface area contributed by atoms with Gasteiger partial charge in [0.1, 0.15) is 0 Å². The first-order valence-electron chi connectivity index (χ1n) is 8.01. The van der Waals surface area contributed by atoms with E-state index in [9.17, 15) is 0 Å². The first kappa shape index (κ1) is 15.0. The van der Waals surface area contributed by atoms with E-state index in [0.717, 1.165) is 11.0 Å². The van der Waals surface area contributed by atoms with Crippen LogP contribution >= 0.6 is 0 Å². The van der Waals surface area contributed by atoms with E-state index in [-0.39, 0.29) is 5.41 Å². The van der Waals surface area contributed by atoms with Crippen LogP contribution in [0.2, 0.25) is 0 Å². The lowest BCUT2D eigenvalue weighted by atomic mass is 9.80. The van der Waals surface area contributed by atoms with E-state index in [1.807, 2.05) is 0 Å². The molecule has 114 valence electrons. The second-order valence-corrected chi connectivity index (χ2v) is 7.59. The van der Waals surface area contributed by atoms with E-state index in [4.69, 9.17) is 4.98 Å². The average molecular weight is 291 g/mol. The summed E-state index contributed by atoms with van der Waals surface area (Å²) in [7, 11) is 0. The van der Waals surface area contributed by atoms with Crippen molar-refractivity contribution in [2.45, 2.75) is 53.9 Å². The van der Waals surface area contributed by atoms with E-state index in [0.29, 0.717) is 0 Å². The fourth-order valence-corrected chi connectivity index (χ4v) is 3.46. The van der Waals surface area contributed by atoms with Gasteiger partial charge in [-0.1, -0.05) is 32.4 Å². The molecule has 0 fully saturated rings. The number of hydrogen-bond acceptors (Lipinski definition) is 1. The monoisotopic (exact) mass is 291 g/mol. The summed E-state index contributed by atoms with van der Waals surface area (Å²) in [5, 5.41) is 2.64. The molecule has 0 atom stereocenters. The number of pyridine rings is 1. The van der Waals surface area contributed by atoms with Crippen molar-refractivity contribution in [2.24, 2.45) is 0 Å². The Morgan fingerprint density at radius 1 is 0.818 bits per heavy atom. The predicted molar refractivity (Wildman–Crippen MR) is 96.9 cm³/mol. The molecular formula is C21H25N. The van der Waals surface area contributed by atoms with Gasteiger partial charge < -0.3 is 0 Å². The molecule has 3 rings (SSSR count). The maximum Gasteiger partial charge on any atom is 0.0718 e. The molecule has 0 N–H and O–H groups in total. The normalized spacial score (nSPS) is 12.3. The lowest BCUT2D eigenvalue weighted by molar-refractivity contribution is 0.600. The third kappa shape index (κ3) is 2.20. The molecule has 1 heterocycles. The second-order valence-electron chi connectivity index (χ2n) is 7.59. The van der Waals surface area contributed by atoms with Crippen molar-refractivity contribution >= 4 is 21.8 Å². The summed E-state index contributed by atoms with van der Waals surface area (Å²) in [5.41, 5.74) is 9.11. The molecule has 0 saturated heterocycles. The van der Waals surface area contributed by atoms with Gasteiger partial charge in [0, 0.05) is 10.8 Å². The Bertz CT molecular complexity index is 896. The highest BCUT2D eigenvalue weighted by molar-refractivity contribution is 6.01. The lowest BCUT2D eigenvalue weighted by Gasteiger charge is -2.26. The standard InChI is InChI=1S/C21H25N/c1-12-8-9-17-16(10-12)20(21(5,6)7)19-15(4)14(3)13(2)11-18(19)22-17/h8-11H,1-7H3. The lowest BCUT2D eigenvalue weighted by Crippen LogP contribution is -2.14. The minimum absolute atomic E-state index is 0.0830. The Morgan fingerprint density at radius 2 is 1.50 bits per heavy atom. The van der Waals surface area contributed by atoms with Crippen molar-refractivity contribution in [3.05, 3.63) is 52.1 Å². The predicted octanol–water partition coefficient (Wildman–Crippen LogP) is 5.92. The van der Waals surface area contributed by atoms with Gasteiger partial charge in [-0.2, -0.15) is 0 Å².